The van der Waals surface area contributed by atoms with Crippen LogP contribution in [0, 0.1) is 0 Å². The van der Waals surface area contributed by atoms with E-state index in [0.29, 0.717) is 22.7 Å². The van der Waals surface area contributed by atoms with Gasteiger partial charge in [-0.3, -0.25) is 9.59 Å². The second-order valence-corrected chi connectivity index (χ2v) is 8.18. The number of amides is 2. The van der Waals surface area contributed by atoms with E-state index < -0.39 is 0 Å². The Labute approximate surface area is 195 Å². The molecule has 8 heteroatoms. The van der Waals surface area contributed by atoms with Crippen molar-refractivity contribution in [2.75, 3.05) is 30.6 Å². The molecule has 0 atom stereocenters. The molecule has 7 nitrogen and oxygen atoms in total. The van der Waals surface area contributed by atoms with Crippen LogP contribution >= 0.6 is 11.8 Å². The molecule has 0 aliphatic rings. The lowest BCUT2D eigenvalue weighted by Crippen LogP contribution is -2.15. The van der Waals surface area contributed by atoms with Gasteiger partial charge in [0.15, 0.2) is 0 Å². The molecule has 0 unspecified atom stereocenters. The molecule has 4 aromatic rings. The number of H-pyrrole nitrogens is 1. The summed E-state index contributed by atoms with van der Waals surface area (Å²) in [7, 11) is 3.01. The predicted molar refractivity (Wildman–Crippen MR) is 132 cm³/mol. The number of carbonyl (C=O) groups is 2. The van der Waals surface area contributed by atoms with Crippen molar-refractivity contribution in [1.29, 1.82) is 0 Å². The normalized spacial score (nSPS) is 10.6. The maximum Gasteiger partial charge on any atom is 0.263 e. The molecule has 1 aromatic heterocycles. The summed E-state index contributed by atoms with van der Waals surface area (Å²) in [5.74, 6) is 0.627. The SMILES string of the molecule is COc1cccc(OC)c1C(=O)Nc1cccc(SCC(=O)Nc2ccc3cc[nH]c3c2)c1. The summed E-state index contributed by atoms with van der Waals surface area (Å²) in [6, 6.07) is 20.2. The Balaban J connectivity index is 1.39. The average molecular weight is 462 g/mol. The van der Waals surface area contributed by atoms with Gasteiger partial charge in [0, 0.05) is 28.0 Å². The summed E-state index contributed by atoms with van der Waals surface area (Å²) in [6.07, 6.45) is 1.86. The maximum atomic E-state index is 12.9. The minimum atomic E-state index is -0.344. The number of anilines is 2. The number of rotatable bonds is 8. The number of hydrogen-bond donors (Lipinski definition) is 3. The molecule has 1 heterocycles. The van der Waals surface area contributed by atoms with E-state index in [-0.39, 0.29) is 17.6 Å². The largest absolute Gasteiger partial charge is 0.496 e. The van der Waals surface area contributed by atoms with E-state index >= 15 is 0 Å². The molecule has 0 aliphatic carbocycles. The van der Waals surface area contributed by atoms with Crippen molar-refractivity contribution in [1.82, 2.24) is 4.98 Å². The zero-order valence-corrected chi connectivity index (χ0v) is 19.0. The Hall–Kier alpha value is -3.91. The molecule has 0 aliphatic heterocycles. The van der Waals surface area contributed by atoms with Crippen molar-refractivity contribution in [3.05, 3.63) is 78.5 Å². The van der Waals surface area contributed by atoms with Crippen LogP contribution in [-0.4, -0.2) is 36.8 Å². The molecule has 3 aromatic carbocycles. The third-order valence-corrected chi connectivity index (χ3v) is 5.95. The molecule has 2 amide bonds. The lowest BCUT2D eigenvalue weighted by Gasteiger charge is -2.13. The van der Waals surface area contributed by atoms with Crippen LogP contribution in [0.1, 0.15) is 10.4 Å². The zero-order valence-electron chi connectivity index (χ0n) is 18.2. The standard InChI is InChI=1S/C25H23N3O4S/c1-31-21-7-4-8-22(32-2)24(21)25(30)28-17-5-3-6-19(13-17)33-15-23(29)27-18-10-9-16-11-12-26-20(16)14-18/h3-14,26H,15H2,1-2H3,(H,27,29)(H,28,30). The highest BCUT2D eigenvalue weighted by atomic mass is 32.2. The molecular weight excluding hydrogens is 438 g/mol. The second-order valence-electron chi connectivity index (χ2n) is 7.14. The summed E-state index contributed by atoms with van der Waals surface area (Å²) < 4.78 is 10.6. The van der Waals surface area contributed by atoms with Crippen LogP contribution < -0.4 is 20.1 Å². The molecule has 0 radical (unpaired) electrons. The Morgan fingerprint density at radius 2 is 1.61 bits per heavy atom. The fraction of sp³-hybridized carbons (Fsp3) is 0.120. The third-order valence-electron chi connectivity index (χ3n) is 4.96. The molecule has 3 N–H and O–H groups in total. The summed E-state index contributed by atoms with van der Waals surface area (Å²) in [5, 5.41) is 6.87. The van der Waals surface area contributed by atoms with E-state index in [4.69, 9.17) is 9.47 Å². The van der Waals surface area contributed by atoms with Crippen molar-refractivity contribution >= 4 is 45.9 Å². The Bertz CT molecular complexity index is 1280. The number of carbonyl (C=O) groups excluding carboxylic acids is 2. The monoisotopic (exact) mass is 461 g/mol. The van der Waals surface area contributed by atoms with Crippen LogP contribution in [0.5, 0.6) is 11.5 Å². The van der Waals surface area contributed by atoms with E-state index in [2.05, 4.69) is 15.6 Å². The second kappa shape index (κ2) is 10.1. The number of methoxy groups -OCH3 is 2. The quantitative estimate of drug-likeness (QED) is 0.315. The third kappa shape index (κ3) is 5.30. The van der Waals surface area contributed by atoms with Gasteiger partial charge in [0.25, 0.3) is 5.91 Å². The molecular formula is C25H23N3O4S. The van der Waals surface area contributed by atoms with Gasteiger partial charge in [-0.05, 0) is 53.9 Å². The highest BCUT2D eigenvalue weighted by molar-refractivity contribution is 8.00. The van der Waals surface area contributed by atoms with Gasteiger partial charge in [-0.2, -0.15) is 0 Å². The summed E-state index contributed by atoms with van der Waals surface area (Å²) in [5.41, 5.74) is 2.63. The molecule has 0 saturated heterocycles. The summed E-state index contributed by atoms with van der Waals surface area (Å²) in [4.78, 5) is 29.3. The number of benzene rings is 3. The smallest absolute Gasteiger partial charge is 0.263 e. The molecule has 0 bridgehead atoms. The Kier molecular flexibility index (Phi) is 6.85. The van der Waals surface area contributed by atoms with Gasteiger partial charge in [0.1, 0.15) is 17.1 Å². The number of aromatic amines is 1. The van der Waals surface area contributed by atoms with Crippen molar-refractivity contribution in [3.8, 4) is 11.5 Å². The topological polar surface area (TPSA) is 92.4 Å². The number of aromatic nitrogens is 1. The van der Waals surface area contributed by atoms with Crippen molar-refractivity contribution in [2.45, 2.75) is 4.90 Å². The fourth-order valence-electron chi connectivity index (χ4n) is 3.40. The highest BCUT2D eigenvalue weighted by Crippen LogP contribution is 2.30. The van der Waals surface area contributed by atoms with Gasteiger partial charge in [-0.1, -0.05) is 18.2 Å². The van der Waals surface area contributed by atoms with Crippen LogP contribution in [0.4, 0.5) is 11.4 Å². The van der Waals surface area contributed by atoms with Crippen LogP contribution in [0.2, 0.25) is 0 Å². The van der Waals surface area contributed by atoms with Gasteiger partial charge in [0.05, 0.1) is 20.0 Å². The number of hydrogen-bond acceptors (Lipinski definition) is 5. The van der Waals surface area contributed by atoms with E-state index in [0.717, 1.165) is 21.5 Å². The van der Waals surface area contributed by atoms with E-state index in [1.807, 2.05) is 48.7 Å². The molecule has 0 spiro atoms. The lowest BCUT2D eigenvalue weighted by molar-refractivity contribution is -0.113. The Morgan fingerprint density at radius 3 is 2.36 bits per heavy atom. The predicted octanol–water partition coefficient (Wildman–Crippen LogP) is 5.17. The van der Waals surface area contributed by atoms with Gasteiger partial charge in [-0.25, -0.2) is 0 Å². The summed E-state index contributed by atoms with van der Waals surface area (Å²) in [6.45, 7) is 0. The minimum absolute atomic E-state index is 0.112. The number of thioether (sulfide) groups is 1. The first-order valence-electron chi connectivity index (χ1n) is 10.2. The fourth-order valence-corrected chi connectivity index (χ4v) is 4.16. The van der Waals surface area contributed by atoms with Gasteiger partial charge in [-0.15, -0.1) is 11.8 Å². The lowest BCUT2D eigenvalue weighted by atomic mass is 10.1. The van der Waals surface area contributed by atoms with Gasteiger partial charge < -0.3 is 25.1 Å². The first-order valence-corrected chi connectivity index (χ1v) is 11.2. The van der Waals surface area contributed by atoms with E-state index in [1.165, 1.54) is 26.0 Å². The van der Waals surface area contributed by atoms with Gasteiger partial charge in [0.2, 0.25) is 5.91 Å². The number of ether oxygens (including phenoxy) is 2. The van der Waals surface area contributed by atoms with Crippen LogP contribution in [0.3, 0.4) is 0 Å². The minimum Gasteiger partial charge on any atom is -0.496 e. The van der Waals surface area contributed by atoms with Crippen LogP contribution in [-0.2, 0) is 4.79 Å². The molecule has 0 saturated carbocycles. The van der Waals surface area contributed by atoms with Crippen molar-refractivity contribution < 1.29 is 19.1 Å². The van der Waals surface area contributed by atoms with E-state index in [1.54, 1.807) is 24.3 Å². The molecule has 0 fully saturated rings. The first-order chi connectivity index (χ1) is 16.1. The molecule has 168 valence electrons. The van der Waals surface area contributed by atoms with E-state index in [9.17, 15) is 9.59 Å². The van der Waals surface area contributed by atoms with Crippen molar-refractivity contribution in [3.63, 3.8) is 0 Å². The van der Waals surface area contributed by atoms with Crippen LogP contribution in [0.15, 0.2) is 77.8 Å². The number of fused-ring (bicyclic) bond motifs is 1. The average Bonchev–Trinajstić information content (AvgIpc) is 3.30. The zero-order chi connectivity index (χ0) is 23.2. The first kappa shape index (κ1) is 22.3. The van der Waals surface area contributed by atoms with Gasteiger partial charge >= 0.3 is 0 Å². The van der Waals surface area contributed by atoms with Crippen LogP contribution in [0.25, 0.3) is 10.9 Å². The molecule has 33 heavy (non-hydrogen) atoms. The highest BCUT2D eigenvalue weighted by Gasteiger charge is 2.18. The molecule has 4 rings (SSSR count). The van der Waals surface area contributed by atoms with Crippen molar-refractivity contribution in [2.24, 2.45) is 0 Å². The number of nitrogens with one attached hydrogen (secondary N) is 3. The Morgan fingerprint density at radius 1 is 0.879 bits per heavy atom. The maximum absolute atomic E-state index is 12.9. The summed E-state index contributed by atoms with van der Waals surface area (Å²) >= 11 is 1.38.